The molecule has 2 unspecified atom stereocenters. The summed E-state index contributed by atoms with van der Waals surface area (Å²) in [6.45, 7) is 3.49. The first-order valence-electron chi connectivity index (χ1n) is 7.40. The van der Waals surface area contributed by atoms with Crippen LogP contribution in [0.4, 0.5) is 5.82 Å². The van der Waals surface area contributed by atoms with Gasteiger partial charge in [0.15, 0.2) is 0 Å². The summed E-state index contributed by atoms with van der Waals surface area (Å²) in [5.74, 6) is -0.493. The number of esters is 1. The van der Waals surface area contributed by atoms with Crippen molar-refractivity contribution in [1.29, 1.82) is 0 Å². The number of anilines is 1. The molecule has 0 amide bonds. The average molecular weight is 326 g/mol. The predicted molar refractivity (Wildman–Crippen MR) is 81.2 cm³/mol. The molecule has 5 N–H and O–H groups in total. The lowest BCUT2D eigenvalue weighted by atomic mass is 10.1. The molecule has 23 heavy (non-hydrogen) atoms. The maximum atomic E-state index is 11.8. The van der Waals surface area contributed by atoms with Crippen LogP contribution in [0.5, 0.6) is 0 Å². The molecule has 9 heteroatoms. The van der Waals surface area contributed by atoms with E-state index >= 15 is 0 Å². The van der Waals surface area contributed by atoms with Gasteiger partial charge < -0.3 is 26.0 Å². The summed E-state index contributed by atoms with van der Waals surface area (Å²) in [5.41, 5.74) is 10.6. The molecule has 0 radical (unpaired) electrons. The number of nitrogens with zero attached hydrogens (tertiary/aromatic N) is 2. The third-order valence-electron chi connectivity index (χ3n) is 3.75. The third kappa shape index (κ3) is 4.06. The standard InChI is InChI=1S/C14H22N4O5/c1-7(2)12(16)13(20)22-6-9-8(19)5-11(23-9)18-4-3-10(15)17-14(18)21/h3-4,7-9,11-12,19H,5-6,16H2,1-2H3,(H2,15,17,21)/t8-,9?,11-,12?/m0/s1. The van der Waals surface area contributed by atoms with Crippen LogP contribution in [0.2, 0.25) is 0 Å². The Kier molecular flexibility index (Phi) is 5.34. The normalized spacial score (nSPS) is 25.5. The van der Waals surface area contributed by atoms with E-state index in [1.54, 1.807) is 0 Å². The lowest BCUT2D eigenvalue weighted by Gasteiger charge is -2.18. The Labute approximate surface area is 133 Å². The fourth-order valence-corrected chi connectivity index (χ4v) is 2.21. The van der Waals surface area contributed by atoms with Crippen molar-refractivity contribution in [2.24, 2.45) is 11.7 Å². The Balaban J connectivity index is 1.96. The van der Waals surface area contributed by atoms with Gasteiger partial charge >= 0.3 is 11.7 Å². The first-order chi connectivity index (χ1) is 10.8. The van der Waals surface area contributed by atoms with Crippen molar-refractivity contribution in [2.75, 3.05) is 12.3 Å². The zero-order chi connectivity index (χ0) is 17.1. The first-order valence-corrected chi connectivity index (χ1v) is 7.40. The molecule has 1 aliphatic heterocycles. The van der Waals surface area contributed by atoms with Gasteiger partial charge in [0.25, 0.3) is 0 Å². The number of ether oxygens (including phenoxy) is 2. The molecule has 2 rings (SSSR count). The number of carbonyl (C=O) groups excluding carboxylic acids is 1. The topological polar surface area (TPSA) is 143 Å². The minimum atomic E-state index is -0.868. The highest BCUT2D eigenvalue weighted by Crippen LogP contribution is 2.27. The summed E-state index contributed by atoms with van der Waals surface area (Å²) in [4.78, 5) is 27.1. The van der Waals surface area contributed by atoms with E-state index < -0.39 is 36.1 Å². The smallest absolute Gasteiger partial charge is 0.351 e. The van der Waals surface area contributed by atoms with Crippen LogP contribution >= 0.6 is 0 Å². The molecule has 0 spiro atoms. The van der Waals surface area contributed by atoms with E-state index in [0.717, 1.165) is 0 Å². The van der Waals surface area contributed by atoms with Gasteiger partial charge in [-0.25, -0.2) is 4.79 Å². The largest absolute Gasteiger partial charge is 0.462 e. The molecule has 0 bridgehead atoms. The van der Waals surface area contributed by atoms with Crippen LogP contribution in [0, 0.1) is 5.92 Å². The number of aromatic nitrogens is 2. The lowest BCUT2D eigenvalue weighted by Crippen LogP contribution is -2.39. The Morgan fingerprint density at radius 3 is 2.91 bits per heavy atom. The molecule has 4 atom stereocenters. The van der Waals surface area contributed by atoms with Crippen molar-refractivity contribution < 1.29 is 19.4 Å². The number of rotatable bonds is 5. The Morgan fingerprint density at radius 1 is 1.61 bits per heavy atom. The molecule has 2 heterocycles. The maximum Gasteiger partial charge on any atom is 0.351 e. The molecule has 1 saturated heterocycles. The summed E-state index contributed by atoms with van der Waals surface area (Å²) in [6.07, 6.45) is -0.650. The number of aliphatic hydroxyl groups is 1. The van der Waals surface area contributed by atoms with E-state index in [1.807, 2.05) is 13.8 Å². The molecule has 0 aliphatic carbocycles. The lowest BCUT2D eigenvalue weighted by molar-refractivity contribution is -0.152. The number of hydrogen-bond donors (Lipinski definition) is 3. The molecular weight excluding hydrogens is 304 g/mol. The highest BCUT2D eigenvalue weighted by Gasteiger charge is 2.36. The number of hydrogen-bond acceptors (Lipinski definition) is 8. The minimum Gasteiger partial charge on any atom is -0.462 e. The minimum absolute atomic E-state index is 0.0518. The number of nitrogen functional groups attached to an aromatic ring is 1. The van der Waals surface area contributed by atoms with E-state index in [4.69, 9.17) is 20.9 Å². The molecular formula is C14H22N4O5. The highest BCUT2D eigenvalue weighted by atomic mass is 16.6. The van der Waals surface area contributed by atoms with Crippen LogP contribution in [-0.4, -0.2) is 45.5 Å². The van der Waals surface area contributed by atoms with Crippen LogP contribution in [-0.2, 0) is 14.3 Å². The molecule has 128 valence electrons. The molecule has 9 nitrogen and oxygen atoms in total. The van der Waals surface area contributed by atoms with Crippen molar-refractivity contribution in [3.63, 3.8) is 0 Å². The first kappa shape index (κ1) is 17.4. The second-order valence-electron chi connectivity index (χ2n) is 5.87. The second kappa shape index (κ2) is 7.07. The van der Waals surface area contributed by atoms with Gasteiger partial charge in [-0.1, -0.05) is 13.8 Å². The van der Waals surface area contributed by atoms with Crippen LogP contribution in [0.15, 0.2) is 17.1 Å². The SMILES string of the molecule is CC(C)C(N)C(=O)OCC1O[C@H](n2ccc(N)nc2=O)C[C@@H]1O. The van der Waals surface area contributed by atoms with Crippen molar-refractivity contribution in [2.45, 2.75) is 44.7 Å². The van der Waals surface area contributed by atoms with Crippen LogP contribution in [0.3, 0.4) is 0 Å². The van der Waals surface area contributed by atoms with E-state index in [-0.39, 0.29) is 24.8 Å². The second-order valence-corrected chi connectivity index (χ2v) is 5.87. The monoisotopic (exact) mass is 326 g/mol. The van der Waals surface area contributed by atoms with Gasteiger partial charge in [0.1, 0.15) is 30.8 Å². The van der Waals surface area contributed by atoms with Gasteiger partial charge in [-0.2, -0.15) is 4.98 Å². The highest BCUT2D eigenvalue weighted by molar-refractivity contribution is 5.75. The number of aliphatic hydroxyl groups excluding tert-OH is 1. The Morgan fingerprint density at radius 2 is 2.30 bits per heavy atom. The van der Waals surface area contributed by atoms with Crippen molar-refractivity contribution >= 4 is 11.8 Å². The molecule has 0 saturated carbocycles. The van der Waals surface area contributed by atoms with Crippen LogP contribution in [0.25, 0.3) is 0 Å². The fourth-order valence-electron chi connectivity index (χ4n) is 2.21. The zero-order valence-electron chi connectivity index (χ0n) is 13.1. The van der Waals surface area contributed by atoms with E-state index in [9.17, 15) is 14.7 Å². The maximum absolute atomic E-state index is 11.8. The molecule has 1 fully saturated rings. The van der Waals surface area contributed by atoms with Crippen molar-refractivity contribution in [3.8, 4) is 0 Å². The van der Waals surface area contributed by atoms with Gasteiger partial charge in [-0.3, -0.25) is 9.36 Å². The predicted octanol–water partition coefficient (Wildman–Crippen LogP) is -1.000. The van der Waals surface area contributed by atoms with Gasteiger partial charge in [0, 0.05) is 12.6 Å². The average Bonchev–Trinajstić information content (AvgIpc) is 2.84. The van der Waals surface area contributed by atoms with Crippen LogP contribution < -0.4 is 17.2 Å². The van der Waals surface area contributed by atoms with Crippen molar-refractivity contribution in [1.82, 2.24) is 9.55 Å². The Bertz CT molecular complexity index is 617. The molecule has 1 aromatic heterocycles. The van der Waals surface area contributed by atoms with E-state index in [1.165, 1.54) is 16.8 Å². The van der Waals surface area contributed by atoms with Crippen LogP contribution in [0.1, 0.15) is 26.5 Å². The molecule has 1 aromatic rings. The number of nitrogens with two attached hydrogens (primary N) is 2. The summed E-state index contributed by atoms with van der Waals surface area (Å²) >= 11 is 0. The quantitative estimate of drug-likeness (QED) is 0.585. The van der Waals surface area contributed by atoms with Crippen molar-refractivity contribution in [3.05, 3.63) is 22.7 Å². The van der Waals surface area contributed by atoms with Gasteiger partial charge in [0.2, 0.25) is 0 Å². The van der Waals surface area contributed by atoms with Gasteiger partial charge in [-0.15, -0.1) is 0 Å². The summed E-state index contributed by atoms with van der Waals surface area (Å²) in [7, 11) is 0. The van der Waals surface area contributed by atoms with E-state index in [0.29, 0.717) is 0 Å². The number of carbonyl (C=O) groups is 1. The third-order valence-corrected chi connectivity index (χ3v) is 3.75. The Hall–Kier alpha value is -1.97. The van der Waals surface area contributed by atoms with E-state index in [2.05, 4.69) is 4.98 Å². The summed E-state index contributed by atoms with van der Waals surface area (Å²) < 4.78 is 11.9. The fraction of sp³-hybridized carbons (Fsp3) is 0.643. The summed E-state index contributed by atoms with van der Waals surface area (Å²) in [5, 5.41) is 10.0. The van der Waals surface area contributed by atoms with Gasteiger partial charge in [0.05, 0.1) is 6.10 Å². The summed E-state index contributed by atoms with van der Waals surface area (Å²) in [6, 6.07) is 0.736. The zero-order valence-corrected chi connectivity index (χ0v) is 13.1. The molecule has 0 aromatic carbocycles. The van der Waals surface area contributed by atoms with Gasteiger partial charge in [-0.05, 0) is 12.0 Å². The molecule has 1 aliphatic rings.